The van der Waals surface area contributed by atoms with E-state index in [0.29, 0.717) is 6.54 Å². The Morgan fingerprint density at radius 1 is 1.39 bits per heavy atom. The lowest BCUT2D eigenvalue weighted by molar-refractivity contribution is -0.116. The highest BCUT2D eigenvalue weighted by Gasteiger charge is 2.18. The molecule has 1 amide bonds. The van der Waals surface area contributed by atoms with Crippen molar-refractivity contribution in [2.45, 2.75) is 26.8 Å². The summed E-state index contributed by atoms with van der Waals surface area (Å²) in [6, 6.07) is 2.35. The summed E-state index contributed by atoms with van der Waals surface area (Å²) in [6.45, 7) is 8.78. The first kappa shape index (κ1) is 17.8. The first-order valence-electron chi connectivity index (χ1n) is 7.78. The molecular weight excluding hydrogens is 326 g/mol. The second-order valence-corrected chi connectivity index (χ2v) is 7.01. The number of nitrogens with zero attached hydrogens (tertiary/aromatic N) is 2. The van der Waals surface area contributed by atoms with E-state index < -0.39 is 0 Å². The van der Waals surface area contributed by atoms with Crippen molar-refractivity contribution in [1.29, 1.82) is 0 Å². The van der Waals surface area contributed by atoms with E-state index in [1.165, 1.54) is 5.56 Å². The maximum Gasteiger partial charge on any atom is 0.244 e. The predicted molar refractivity (Wildman–Crippen MR) is 98.9 cm³/mol. The number of carbonyl (C=O) groups excluding carboxylic acids is 1. The van der Waals surface area contributed by atoms with Crippen molar-refractivity contribution >= 4 is 34.7 Å². The van der Waals surface area contributed by atoms with Crippen LogP contribution in [0.1, 0.15) is 36.2 Å². The first-order chi connectivity index (χ1) is 11.1. The van der Waals surface area contributed by atoms with Crippen molar-refractivity contribution in [2.24, 2.45) is 0 Å². The van der Waals surface area contributed by atoms with Crippen molar-refractivity contribution in [3.63, 3.8) is 0 Å². The van der Waals surface area contributed by atoms with Gasteiger partial charge in [0.1, 0.15) is 0 Å². The molecule has 0 spiro atoms. The zero-order valence-corrected chi connectivity index (χ0v) is 15.4. The standard InChI is InChI=1S/C17H23N3OS2/c1-4-20(5-2)16(14-8-9-22-11-14)10-18-17(21)7-6-15-12-23-13(3)19-15/h6-9,11-12,16H,4-5,10H2,1-3H3,(H,18,21). The van der Waals surface area contributed by atoms with Gasteiger partial charge in [0, 0.05) is 18.0 Å². The Kier molecular flexibility index (Phi) is 6.95. The molecule has 0 radical (unpaired) electrons. The zero-order chi connectivity index (χ0) is 16.7. The highest BCUT2D eigenvalue weighted by Crippen LogP contribution is 2.22. The summed E-state index contributed by atoms with van der Waals surface area (Å²) in [5.41, 5.74) is 2.10. The summed E-state index contributed by atoms with van der Waals surface area (Å²) in [5.74, 6) is -0.0805. The summed E-state index contributed by atoms with van der Waals surface area (Å²) in [5, 5.41) is 10.2. The molecule has 1 unspecified atom stereocenters. The third kappa shape index (κ3) is 5.27. The Morgan fingerprint density at radius 3 is 2.74 bits per heavy atom. The van der Waals surface area contributed by atoms with E-state index in [-0.39, 0.29) is 11.9 Å². The topological polar surface area (TPSA) is 45.2 Å². The smallest absolute Gasteiger partial charge is 0.244 e. The molecule has 23 heavy (non-hydrogen) atoms. The van der Waals surface area contributed by atoms with Crippen LogP contribution >= 0.6 is 22.7 Å². The summed E-state index contributed by atoms with van der Waals surface area (Å²) in [4.78, 5) is 18.7. The quantitative estimate of drug-likeness (QED) is 0.739. The van der Waals surface area contributed by atoms with E-state index in [4.69, 9.17) is 0 Å². The maximum atomic E-state index is 12.1. The van der Waals surface area contributed by atoms with Gasteiger partial charge in [-0.3, -0.25) is 9.69 Å². The molecule has 4 nitrogen and oxygen atoms in total. The van der Waals surface area contributed by atoms with Gasteiger partial charge in [-0.1, -0.05) is 13.8 Å². The SMILES string of the molecule is CCN(CC)C(CNC(=O)C=Cc1csc(C)n1)c1ccsc1. The Balaban J connectivity index is 1.95. The van der Waals surface area contributed by atoms with Crippen LogP contribution in [-0.4, -0.2) is 35.4 Å². The highest BCUT2D eigenvalue weighted by atomic mass is 32.1. The molecule has 0 bridgehead atoms. The van der Waals surface area contributed by atoms with Crippen LogP contribution in [0.5, 0.6) is 0 Å². The number of aryl methyl sites for hydroxylation is 1. The van der Waals surface area contributed by atoms with Crippen LogP contribution in [0.3, 0.4) is 0 Å². The lowest BCUT2D eigenvalue weighted by Crippen LogP contribution is -2.37. The van der Waals surface area contributed by atoms with Gasteiger partial charge in [-0.15, -0.1) is 11.3 Å². The molecule has 0 saturated carbocycles. The summed E-state index contributed by atoms with van der Waals surface area (Å²) in [6.07, 6.45) is 3.32. The number of amides is 1. The van der Waals surface area contributed by atoms with Crippen LogP contribution in [0, 0.1) is 6.92 Å². The summed E-state index contributed by atoms with van der Waals surface area (Å²) >= 11 is 3.27. The molecule has 0 fully saturated rings. The molecule has 1 N–H and O–H groups in total. The van der Waals surface area contributed by atoms with Crippen molar-refractivity contribution < 1.29 is 4.79 Å². The van der Waals surface area contributed by atoms with Crippen LogP contribution in [0.2, 0.25) is 0 Å². The number of hydrogen-bond donors (Lipinski definition) is 1. The Bertz CT molecular complexity index is 630. The average molecular weight is 350 g/mol. The zero-order valence-electron chi connectivity index (χ0n) is 13.8. The second kappa shape index (κ2) is 8.96. The normalized spacial score (nSPS) is 12.9. The van der Waals surface area contributed by atoms with E-state index in [0.717, 1.165) is 23.8 Å². The van der Waals surface area contributed by atoms with Crippen LogP contribution in [-0.2, 0) is 4.79 Å². The number of likely N-dealkylation sites (N-methyl/N-ethyl adjacent to an activating group) is 1. The predicted octanol–water partition coefficient (Wildman–Crippen LogP) is 3.73. The molecule has 2 rings (SSSR count). The maximum absolute atomic E-state index is 12.1. The number of thiazole rings is 1. The van der Waals surface area contributed by atoms with Gasteiger partial charge in [-0.2, -0.15) is 11.3 Å². The van der Waals surface area contributed by atoms with E-state index >= 15 is 0 Å². The fourth-order valence-electron chi connectivity index (χ4n) is 2.46. The number of aromatic nitrogens is 1. The minimum absolute atomic E-state index is 0.0805. The first-order valence-corrected chi connectivity index (χ1v) is 9.60. The highest BCUT2D eigenvalue weighted by molar-refractivity contribution is 7.09. The van der Waals surface area contributed by atoms with Crippen LogP contribution in [0.15, 0.2) is 28.3 Å². The Labute approximate surface area is 145 Å². The number of hydrogen-bond acceptors (Lipinski definition) is 5. The minimum atomic E-state index is -0.0805. The molecule has 2 aromatic rings. The number of carbonyl (C=O) groups is 1. The van der Waals surface area contributed by atoms with Gasteiger partial charge in [0.15, 0.2) is 0 Å². The molecule has 1 atom stereocenters. The van der Waals surface area contributed by atoms with Gasteiger partial charge in [-0.25, -0.2) is 4.98 Å². The molecule has 0 saturated heterocycles. The van der Waals surface area contributed by atoms with Gasteiger partial charge in [0.2, 0.25) is 5.91 Å². The van der Waals surface area contributed by atoms with Crippen LogP contribution in [0.25, 0.3) is 6.08 Å². The van der Waals surface area contributed by atoms with Gasteiger partial charge in [0.25, 0.3) is 0 Å². The molecule has 124 valence electrons. The molecule has 0 aromatic carbocycles. The van der Waals surface area contributed by atoms with Crippen molar-refractivity contribution in [3.05, 3.63) is 44.5 Å². The third-order valence-electron chi connectivity index (χ3n) is 3.69. The minimum Gasteiger partial charge on any atom is -0.351 e. The molecule has 2 heterocycles. The molecule has 0 aliphatic rings. The lowest BCUT2D eigenvalue weighted by Gasteiger charge is -2.29. The van der Waals surface area contributed by atoms with Gasteiger partial charge in [0.05, 0.1) is 16.7 Å². The van der Waals surface area contributed by atoms with Gasteiger partial charge < -0.3 is 5.32 Å². The van der Waals surface area contributed by atoms with Gasteiger partial charge >= 0.3 is 0 Å². The second-order valence-electron chi connectivity index (χ2n) is 5.16. The van der Waals surface area contributed by atoms with Crippen molar-refractivity contribution in [2.75, 3.05) is 19.6 Å². The van der Waals surface area contributed by atoms with E-state index in [2.05, 4.69) is 45.9 Å². The van der Waals surface area contributed by atoms with Crippen LogP contribution in [0.4, 0.5) is 0 Å². The monoisotopic (exact) mass is 349 g/mol. The van der Waals surface area contributed by atoms with E-state index in [1.54, 1.807) is 34.8 Å². The van der Waals surface area contributed by atoms with E-state index in [9.17, 15) is 4.79 Å². The van der Waals surface area contributed by atoms with Gasteiger partial charge in [-0.05, 0) is 48.5 Å². The average Bonchev–Trinajstić information content (AvgIpc) is 3.21. The molecule has 2 aromatic heterocycles. The number of nitrogens with one attached hydrogen (secondary N) is 1. The summed E-state index contributed by atoms with van der Waals surface area (Å²) in [7, 11) is 0. The Morgan fingerprint density at radius 2 is 2.17 bits per heavy atom. The number of thiophene rings is 1. The largest absolute Gasteiger partial charge is 0.351 e. The van der Waals surface area contributed by atoms with Crippen molar-refractivity contribution in [3.8, 4) is 0 Å². The molecule has 6 heteroatoms. The molecular formula is C17H23N3OS2. The third-order valence-corrected chi connectivity index (χ3v) is 5.19. The van der Waals surface area contributed by atoms with Crippen molar-refractivity contribution in [1.82, 2.24) is 15.2 Å². The van der Waals surface area contributed by atoms with E-state index in [1.807, 2.05) is 12.3 Å². The fourth-order valence-corrected chi connectivity index (χ4v) is 3.75. The Hall–Kier alpha value is -1.50. The number of rotatable bonds is 8. The summed E-state index contributed by atoms with van der Waals surface area (Å²) < 4.78 is 0. The fraction of sp³-hybridized carbons (Fsp3) is 0.412. The lowest BCUT2D eigenvalue weighted by atomic mass is 10.1. The van der Waals surface area contributed by atoms with Crippen LogP contribution < -0.4 is 5.32 Å². The molecule has 0 aliphatic carbocycles. The molecule has 0 aliphatic heterocycles.